The Labute approximate surface area is 177 Å². The zero-order valence-corrected chi connectivity index (χ0v) is 18.5. The van der Waals surface area contributed by atoms with Gasteiger partial charge in [-0.3, -0.25) is 14.6 Å². The van der Waals surface area contributed by atoms with Crippen LogP contribution in [0.15, 0.2) is 29.4 Å². The second-order valence-electron chi connectivity index (χ2n) is 9.65. The molecule has 1 saturated heterocycles. The van der Waals surface area contributed by atoms with Crippen LogP contribution in [0.4, 0.5) is 0 Å². The van der Waals surface area contributed by atoms with Gasteiger partial charge in [0.2, 0.25) is 5.91 Å². The number of hydrogen-bond donors (Lipinski definition) is 1. The molecule has 0 aromatic carbocycles. The number of rotatable bonds is 3. The lowest BCUT2D eigenvalue weighted by atomic mass is 9.72. The molecular weight excluding hydrogens is 384 g/mol. The highest BCUT2D eigenvalue weighted by Gasteiger charge is 2.61. The average Bonchev–Trinajstić information content (AvgIpc) is 3.01. The molecule has 1 amide bonds. The van der Waals surface area contributed by atoms with E-state index in [9.17, 15) is 9.59 Å². The third-order valence-electron chi connectivity index (χ3n) is 6.39. The highest BCUT2D eigenvalue weighted by atomic mass is 32.2. The molecule has 2 fully saturated rings. The number of amides is 1. The van der Waals surface area contributed by atoms with Crippen LogP contribution in [-0.4, -0.2) is 39.2 Å². The zero-order chi connectivity index (χ0) is 20.6. The molecule has 4 rings (SSSR count). The number of hydrogen-bond acceptors (Lipinski definition) is 5. The van der Waals surface area contributed by atoms with E-state index >= 15 is 0 Å². The highest BCUT2D eigenvalue weighted by molar-refractivity contribution is 8.03. The van der Waals surface area contributed by atoms with Crippen LogP contribution < -0.4 is 5.32 Å². The predicted octanol–water partition coefficient (Wildman–Crippen LogP) is 4.18. The first-order chi connectivity index (χ1) is 13.8. The van der Waals surface area contributed by atoms with Gasteiger partial charge in [0.15, 0.2) is 0 Å². The van der Waals surface area contributed by atoms with Gasteiger partial charge in [0.25, 0.3) is 0 Å². The van der Waals surface area contributed by atoms with Gasteiger partial charge < -0.3 is 10.1 Å². The summed E-state index contributed by atoms with van der Waals surface area (Å²) in [5.41, 5.74) is 0.506. The molecule has 0 bridgehead atoms. The summed E-state index contributed by atoms with van der Waals surface area (Å²) in [5, 5.41) is 2.77. The second-order valence-corrected chi connectivity index (χ2v) is 11.1. The Morgan fingerprint density at radius 1 is 1.21 bits per heavy atom. The van der Waals surface area contributed by atoms with Gasteiger partial charge in [-0.2, -0.15) is 0 Å². The van der Waals surface area contributed by atoms with Gasteiger partial charge in [-0.25, -0.2) is 0 Å². The summed E-state index contributed by atoms with van der Waals surface area (Å²) in [4.78, 5) is 31.3. The summed E-state index contributed by atoms with van der Waals surface area (Å²) in [5.74, 6) is -0.740. The van der Waals surface area contributed by atoms with Gasteiger partial charge in [0, 0.05) is 30.3 Å². The molecule has 1 N–H and O–H groups in total. The van der Waals surface area contributed by atoms with Gasteiger partial charge >= 0.3 is 5.97 Å². The normalized spacial score (nSPS) is 34.2. The molecule has 2 aliphatic heterocycles. The van der Waals surface area contributed by atoms with Crippen LogP contribution >= 0.6 is 11.8 Å². The standard InChI is InChI=1S/C23H32N2O3S/c1-22(2,3)28-21(27)19-18(20(26)25-15-9-5-4-6-10-15)16-12-14-24-17-11-7-8-13-23(16,17)29-19/h7-8,12,14-16,18-19H,4-6,9-11,13H2,1-3H3,(H,25,26). The van der Waals surface area contributed by atoms with Crippen molar-refractivity contribution in [3.8, 4) is 0 Å². The van der Waals surface area contributed by atoms with Crippen molar-refractivity contribution in [3.05, 3.63) is 24.4 Å². The highest BCUT2D eigenvalue weighted by Crippen LogP contribution is 2.57. The Morgan fingerprint density at radius 3 is 2.69 bits per heavy atom. The summed E-state index contributed by atoms with van der Waals surface area (Å²) in [7, 11) is 0. The van der Waals surface area contributed by atoms with Crippen molar-refractivity contribution in [2.24, 2.45) is 16.8 Å². The molecule has 2 heterocycles. The van der Waals surface area contributed by atoms with E-state index in [2.05, 4.69) is 22.5 Å². The maximum absolute atomic E-state index is 13.5. The fourth-order valence-electron chi connectivity index (χ4n) is 5.11. The Balaban J connectivity index is 1.63. The summed E-state index contributed by atoms with van der Waals surface area (Å²) in [6.45, 7) is 5.63. The molecule has 158 valence electrons. The number of thioether (sulfide) groups is 1. The first-order valence-corrected chi connectivity index (χ1v) is 11.8. The van der Waals surface area contributed by atoms with Gasteiger partial charge in [-0.15, -0.1) is 11.8 Å². The first-order valence-electron chi connectivity index (χ1n) is 10.9. The third kappa shape index (κ3) is 4.05. The lowest BCUT2D eigenvalue weighted by molar-refractivity contribution is -0.156. The lowest BCUT2D eigenvalue weighted by Gasteiger charge is -2.38. The third-order valence-corrected chi connectivity index (χ3v) is 8.23. The summed E-state index contributed by atoms with van der Waals surface area (Å²) in [6.07, 6.45) is 15.4. The molecule has 4 unspecified atom stereocenters. The van der Waals surface area contributed by atoms with Crippen molar-refractivity contribution in [3.63, 3.8) is 0 Å². The molecule has 4 aliphatic rings. The predicted molar refractivity (Wildman–Crippen MR) is 117 cm³/mol. The van der Waals surface area contributed by atoms with Crippen LogP contribution in [0.25, 0.3) is 0 Å². The SMILES string of the molecule is CC(C)(C)OC(=O)C1SC23CC=CCC2=NC=CC3C1C(=O)NC1CCCCC1. The van der Waals surface area contributed by atoms with E-state index in [-0.39, 0.29) is 28.6 Å². The average molecular weight is 417 g/mol. The molecule has 0 aromatic rings. The number of ether oxygens (including phenoxy) is 1. The van der Waals surface area contributed by atoms with Crippen molar-refractivity contribution in [2.75, 3.05) is 0 Å². The molecule has 29 heavy (non-hydrogen) atoms. The fourth-order valence-corrected chi connectivity index (χ4v) is 6.99. The van der Waals surface area contributed by atoms with Crippen LogP contribution in [0.1, 0.15) is 65.7 Å². The number of aliphatic imine (C=N–C) groups is 1. The Hall–Kier alpha value is -1.56. The van der Waals surface area contributed by atoms with Crippen LogP contribution in [0.2, 0.25) is 0 Å². The van der Waals surface area contributed by atoms with E-state index in [1.807, 2.05) is 33.0 Å². The van der Waals surface area contributed by atoms with Crippen molar-refractivity contribution < 1.29 is 14.3 Å². The van der Waals surface area contributed by atoms with Crippen molar-refractivity contribution >= 4 is 29.4 Å². The summed E-state index contributed by atoms with van der Waals surface area (Å²) >= 11 is 1.60. The van der Waals surface area contributed by atoms with E-state index in [0.29, 0.717) is 0 Å². The number of nitrogens with one attached hydrogen (secondary N) is 1. The summed E-state index contributed by atoms with van der Waals surface area (Å²) < 4.78 is 5.45. The number of nitrogens with zero attached hydrogens (tertiary/aromatic N) is 1. The minimum absolute atomic E-state index is 0.00240. The quantitative estimate of drug-likeness (QED) is 0.553. The molecule has 2 aliphatic carbocycles. The molecule has 0 aromatic heterocycles. The fraction of sp³-hybridized carbons (Fsp3) is 0.696. The van der Waals surface area contributed by atoms with Gasteiger partial charge in [0.05, 0.1) is 10.7 Å². The van der Waals surface area contributed by atoms with Crippen LogP contribution in [0.3, 0.4) is 0 Å². The van der Waals surface area contributed by atoms with E-state index in [1.54, 1.807) is 11.8 Å². The molecular formula is C23H32N2O3S. The van der Waals surface area contributed by atoms with Crippen LogP contribution in [-0.2, 0) is 14.3 Å². The van der Waals surface area contributed by atoms with Crippen LogP contribution in [0.5, 0.6) is 0 Å². The number of carbonyl (C=O) groups is 2. The largest absolute Gasteiger partial charge is 0.459 e. The Kier molecular flexibility index (Phi) is 5.66. The monoisotopic (exact) mass is 416 g/mol. The maximum atomic E-state index is 13.5. The Morgan fingerprint density at radius 2 is 1.97 bits per heavy atom. The molecule has 0 radical (unpaired) electrons. The van der Waals surface area contributed by atoms with Crippen LogP contribution in [0, 0.1) is 11.8 Å². The Bertz CT molecular complexity index is 761. The number of allylic oxidation sites excluding steroid dienone is 3. The molecule has 4 atom stereocenters. The zero-order valence-electron chi connectivity index (χ0n) is 17.6. The minimum Gasteiger partial charge on any atom is -0.459 e. The van der Waals surface area contributed by atoms with Gasteiger partial charge in [-0.05, 0) is 40.0 Å². The second kappa shape index (κ2) is 7.93. The lowest BCUT2D eigenvalue weighted by Crippen LogP contribution is -2.49. The number of esters is 1. The van der Waals surface area contributed by atoms with Crippen molar-refractivity contribution in [1.82, 2.24) is 5.32 Å². The molecule has 5 nitrogen and oxygen atoms in total. The topological polar surface area (TPSA) is 67.8 Å². The first kappa shape index (κ1) is 20.7. The van der Waals surface area contributed by atoms with E-state index in [1.165, 1.54) is 6.42 Å². The summed E-state index contributed by atoms with van der Waals surface area (Å²) in [6, 6.07) is 0.226. The van der Waals surface area contributed by atoms with Crippen molar-refractivity contribution in [2.45, 2.75) is 87.4 Å². The minimum atomic E-state index is -0.577. The molecule has 1 spiro atoms. The van der Waals surface area contributed by atoms with E-state index < -0.39 is 16.8 Å². The molecule has 6 heteroatoms. The maximum Gasteiger partial charge on any atom is 0.320 e. The number of carbonyl (C=O) groups excluding carboxylic acids is 2. The van der Waals surface area contributed by atoms with Gasteiger partial charge in [-0.1, -0.05) is 37.5 Å². The van der Waals surface area contributed by atoms with E-state index in [4.69, 9.17) is 4.74 Å². The van der Waals surface area contributed by atoms with Gasteiger partial charge in [0.1, 0.15) is 10.9 Å². The smallest absolute Gasteiger partial charge is 0.320 e. The van der Waals surface area contributed by atoms with E-state index in [0.717, 1.165) is 44.2 Å². The molecule has 1 saturated carbocycles. The van der Waals surface area contributed by atoms with Crippen molar-refractivity contribution in [1.29, 1.82) is 0 Å².